The zero-order chi connectivity index (χ0) is 20.1. The Bertz CT molecular complexity index is 944. The van der Waals surface area contributed by atoms with Crippen LogP contribution >= 0.6 is 0 Å². The highest BCUT2D eigenvalue weighted by Gasteiger charge is 2.28. The summed E-state index contributed by atoms with van der Waals surface area (Å²) in [6.07, 6.45) is 2.75. The van der Waals surface area contributed by atoms with Gasteiger partial charge < -0.3 is 19.4 Å². The quantitative estimate of drug-likeness (QED) is 0.693. The van der Waals surface area contributed by atoms with Crippen molar-refractivity contribution in [1.82, 2.24) is 4.90 Å². The molecule has 6 heteroatoms. The molecule has 1 aliphatic heterocycles. The number of furan rings is 1. The van der Waals surface area contributed by atoms with E-state index in [9.17, 15) is 9.59 Å². The summed E-state index contributed by atoms with van der Waals surface area (Å²) in [7, 11) is 0. The van der Waals surface area contributed by atoms with E-state index in [1.165, 1.54) is 6.26 Å². The van der Waals surface area contributed by atoms with Crippen LogP contribution in [0.1, 0.15) is 23.4 Å². The van der Waals surface area contributed by atoms with Gasteiger partial charge in [0, 0.05) is 24.7 Å². The smallest absolute Gasteiger partial charge is 0.289 e. The van der Waals surface area contributed by atoms with Gasteiger partial charge in [0.25, 0.3) is 5.91 Å². The summed E-state index contributed by atoms with van der Waals surface area (Å²) in [6, 6.07) is 20.2. The summed E-state index contributed by atoms with van der Waals surface area (Å²) in [5, 5.41) is 2.96. The third-order valence-electron chi connectivity index (χ3n) is 4.99. The first-order valence-electron chi connectivity index (χ1n) is 9.65. The van der Waals surface area contributed by atoms with Crippen LogP contribution in [0.4, 0.5) is 5.69 Å². The van der Waals surface area contributed by atoms with Crippen LogP contribution in [0.5, 0.6) is 11.5 Å². The van der Waals surface area contributed by atoms with E-state index in [0.29, 0.717) is 37.4 Å². The Hall–Kier alpha value is -3.54. The molecule has 0 unspecified atom stereocenters. The lowest BCUT2D eigenvalue weighted by Crippen LogP contribution is -2.41. The summed E-state index contributed by atoms with van der Waals surface area (Å²) in [5.74, 6) is 1.55. The molecule has 1 N–H and O–H groups in total. The highest BCUT2D eigenvalue weighted by atomic mass is 16.5. The summed E-state index contributed by atoms with van der Waals surface area (Å²) in [6.45, 7) is 1.09. The minimum absolute atomic E-state index is 0.0215. The number of carbonyl (C=O) groups is 2. The molecule has 0 bridgehead atoms. The van der Waals surface area contributed by atoms with E-state index in [-0.39, 0.29) is 17.7 Å². The summed E-state index contributed by atoms with van der Waals surface area (Å²) in [5.41, 5.74) is 0.726. The molecule has 2 amide bonds. The molecule has 0 saturated carbocycles. The largest absolute Gasteiger partial charge is 0.459 e. The third-order valence-corrected chi connectivity index (χ3v) is 4.99. The molecule has 6 nitrogen and oxygen atoms in total. The number of rotatable bonds is 5. The number of nitrogens with one attached hydrogen (secondary N) is 1. The first kappa shape index (κ1) is 18.8. The molecule has 3 aromatic rings. The number of hydrogen-bond donors (Lipinski definition) is 1. The predicted octanol–water partition coefficient (Wildman–Crippen LogP) is 4.56. The molecule has 1 aromatic heterocycles. The minimum Gasteiger partial charge on any atom is -0.459 e. The van der Waals surface area contributed by atoms with E-state index < -0.39 is 0 Å². The standard InChI is InChI=1S/C23H22N2O4/c26-22(17-12-14-25(15-13-17)23(27)21-7-4-16-28-21)24-18-8-10-20(11-9-18)29-19-5-2-1-3-6-19/h1-11,16-17H,12-15H2,(H,24,26). The van der Waals surface area contributed by atoms with Crippen molar-refractivity contribution in [2.75, 3.05) is 18.4 Å². The topological polar surface area (TPSA) is 71.8 Å². The van der Waals surface area contributed by atoms with E-state index in [1.54, 1.807) is 17.0 Å². The second-order valence-electron chi connectivity index (χ2n) is 6.97. The Morgan fingerprint density at radius 1 is 0.897 bits per heavy atom. The molecule has 148 valence electrons. The molecule has 2 aromatic carbocycles. The van der Waals surface area contributed by atoms with Gasteiger partial charge in [0.1, 0.15) is 11.5 Å². The number of carbonyl (C=O) groups excluding carboxylic acids is 2. The lowest BCUT2D eigenvalue weighted by atomic mass is 9.95. The number of likely N-dealkylation sites (tertiary alicyclic amines) is 1. The lowest BCUT2D eigenvalue weighted by molar-refractivity contribution is -0.121. The van der Waals surface area contributed by atoms with Gasteiger partial charge in [-0.05, 0) is 61.4 Å². The molecule has 1 saturated heterocycles. The predicted molar refractivity (Wildman–Crippen MR) is 109 cm³/mol. The number of nitrogens with zero attached hydrogens (tertiary/aromatic N) is 1. The summed E-state index contributed by atoms with van der Waals surface area (Å²) >= 11 is 0. The number of benzene rings is 2. The van der Waals surface area contributed by atoms with Crippen molar-refractivity contribution in [2.24, 2.45) is 5.92 Å². The van der Waals surface area contributed by atoms with Crippen LogP contribution in [-0.4, -0.2) is 29.8 Å². The molecule has 1 aliphatic rings. The minimum atomic E-state index is -0.122. The van der Waals surface area contributed by atoms with Crippen molar-refractivity contribution in [2.45, 2.75) is 12.8 Å². The van der Waals surface area contributed by atoms with Crippen molar-refractivity contribution >= 4 is 17.5 Å². The van der Waals surface area contributed by atoms with Crippen molar-refractivity contribution < 1.29 is 18.7 Å². The van der Waals surface area contributed by atoms with Crippen LogP contribution in [0.3, 0.4) is 0 Å². The average molecular weight is 390 g/mol. The van der Waals surface area contributed by atoms with E-state index in [1.807, 2.05) is 54.6 Å². The maximum absolute atomic E-state index is 12.6. The summed E-state index contributed by atoms with van der Waals surface area (Å²) in [4.78, 5) is 26.6. The van der Waals surface area contributed by atoms with E-state index >= 15 is 0 Å². The lowest BCUT2D eigenvalue weighted by Gasteiger charge is -2.30. The van der Waals surface area contributed by atoms with Gasteiger partial charge in [-0.2, -0.15) is 0 Å². The Kier molecular flexibility index (Phi) is 5.61. The SMILES string of the molecule is O=C(Nc1ccc(Oc2ccccc2)cc1)C1CCN(C(=O)c2ccco2)CC1. The molecule has 2 heterocycles. The fourth-order valence-electron chi connectivity index (χ4n) is 3.38. The number of hydrogen-bond acceptors (Lipinski definition) is 4. The van der Waals surface area contributed by atoms with Gasteiger partial charge in [-0.25, -0.2) is 0 Å². The van der Waals surface area contributed by atoms with E-state index in [2.05, 4.69) is 5.32 Å². The van der Waals surface area contributed by atoms with Crippen molar-refractivity contribution in [3.05, 3.63) is 78.8 Å². The Labute approximate surface area is 169 Å². The highest BCUT2D eigenvalue weighted by Crippen LogP contribution is 2.24. The first-order valence-corrected chi connectivity index (χ1v) is 9.65. The molecule has 0 aliphatic carbocycles. The highest BCUT2D eigenvalue weighted by molar-refractivity contribution is 5.94. The maximum Gasteiger partial charge on any atom is 0.289 e. The molecule has 1 fully saturated rings. The van der Waals surface area contributed by atoms with Crippen molar-refractivity contribution in [3.63, 3.8) is 0 Å². The Balaban J connectivity index is 1.28. The number of amides is 2. The fraction of sp³-hybridized carbons (Fsp3) is 0.217. The van der Waals surface area contributed by atoms with E-state index in [4.69, 9.17) is 9.15 Å². The molecular weight excluding hydrogens is 368 g/mol. The van der Waals surface area contributed by atoms with Crippen LogP contribution in [0.2, 0.25) is 0 Å². The molecular formula is C23H22N2O4. The van der Waals surface area contributed by atoms with Gasteiger partial charge in [-0.15, -0.1) is 0 Å². The number of anilines is 1. The van der Waals surface area contributed by atoms with Gasteiger partial charge in [-0.1, -0.05) is 18.2 Å². The third kappa shape index (κ3) is 4.66. The van der Waals surface area contributed by atoms with Crippen LogP contribution < -0.4 is 10.1 Å². The van der Waals surface area contributed by atoms with Crippen LogP contribution in [0, 0.1) is 5.92 Å². The fourth-order valence-corrected chi connectivity index (χ4v) is 3.38. The zero-order valence-electron chi connectivity index (χ0n) is 15.9. The molecule has 0 atom stereocenters. The molecule has 0 spiro atoms. The zero-order valence-corrected chi connectivity index (χ0v) is 15.9. The second kappa shape index (κ2) is 8.65. The van der Waals surface area contributed by atoms with Crippen LogP contribution in [0.25, 0.3) is 0 Å². The molecule has 4 rings (SSSR count). The van der Waals surface area contributed by atoms with Gasteiger partial charge in [0.2, 0.25) is 5.91 Å². The second-order valence-corrected chi connectivity index (χ2v) is 6.97. The Morgan fingerprint density at radius 3 is 2.24 bits per heavy atom. The van der Waals surface area contributed by atoms with Gasteiger partial charge in [-0.3, -0.25) is 9.59 Å². The Morgan fingerprint density at radius 2 is 1.59 bits per heavy atom. The van der Waals surface area contributed by atoms with Crippen molar-refractivity contribution in [1.29, 1.82) is 0 Å². The summed E-state index contributed by atoms with van der Waals surface area (Å²) < 4.78 is 10.9. The van der Waals surface area contributed by atoms with Crippen molar-refractivity contribution in [3.8, 4) is 11.5 Å². The molecule has 29 heavy (non-hydrogen) atoms. The first-order chi connectivity index (χ1) is 14.2. The van der Waals surface area contributed by atoms with E-state index in [0.717, 1.165) is 11.4 Å². The number of piperidine rings is 1. The van der Waals surface area contributed by atoms with Gasteiger partial charge >= 0.3 is 0 Å². The average Bonchev–Trinajstić information content (AvgIpc) is 3.30. The number of para-hydroxylation sites is 1. The van der Waals surface area contributed by atoms with Crippen LogP contribution in [-0.2, 0) is 4.79 Å². The normalized spacial score (nSPS) is 14.4. The van der Waals surface area contributed by atoms with Gasteiger partial charge in [0.05, 0.1) is 6.26 Å². The monoisotopic (exact) mass is 390 g/mol. The molecule has 0 radical (unpaired) electrons. The maximum atomic E-state index is 12.6. The number of ether oxygens (including phenoxy) is 1. The van der Waals surface area contributed by atoms with Gasteiger partial charge in [0.15, 0.2) is 5.76 Å². The van der Waals surface area contributed by atoms with Crippen LogP contribution in [0.15, 0.2) is 77.4 Å².